The van der Waals surface area contributed by atoms with E-state index in [1.807, 2.05) is 4.90 Å². The number of carbonyl (C=O) groups excluding carboxylic acids is 1. The number of hydrogen-bond acceptors (Lipinski definition) is 5. The Hall–Kier alpha value is -2.32. The van der Waals surface area contributed by atoms with Gasteiger partial charge in [-0.1, -0.05) is 0 Å². The van der Waals surface area contributed by atoms with Crippen LogP contribution in [0.3, 0.4) is 0 Å². The fraction of sp³-hybridized carbons (Fsp3) is 0.524. The highest BCUT2D eigenvalue weighted by Crippen LogP contribution is 2.29. The van der Waals surface area contributed by atoms with Crippen molar-refractivity contribution in [2.75, 3.05) is 39.9 Å². The van der Waals surface area contributed by atoms with Crippen molar-refractivity contribution in [1.29, 1.82) is 0 Å². The largest absolute Gasteiger partial charge is 0.441 e. The highest BCUT2D eigenvalue weighted by atomic mass is 19.1. The van der Waals surface area contributed by atoms with Crippen LogP contribution in [0, 0.1) is 17.6 Å². The van der Waals surface area contributed by atoms with Crippen LogP contribution >= 0.6 is 0 Å². The van der Waals surface area contributed by atoms with Crippen LogP contribution in [0.4, 0.5) is 8.78 Å². The third-order valence-corrected chi connectivity index (χ3v) is 5.70. The first-order valence-corrected chi connectivity index (χ1v) is 9.98. The zero-order chi connectivity index (χ0) is 20.4. The van der Waals surface area contributed by atoms with E-state index in [9.17, 15) is 13.6 Å². The molecule has 2 aliphatic heterocycles. The van der Waals surface area contributed by atoms with Crippen LogP contribution in [0.2, 0.25) is 0 Å². The first-order valence-electron chi connectivity index (χ1n) is 9.98. The molecule has 0 atom stereocenters. The zero-order valence-electron chi connectivity index (χ0n) is 16.5. The van der Waals surface area contributed by atoms with Crippen LogP contribution in [0.25, 0.3) is 11.5 Å². The number of nitrogens with zero attached hydrogens (tertiary/aromatic N) is 3. The Morgan fingerprint density at radius 2 is 1.93 bits per heavy atom. The minimum atomic E-state index is -0.676. The van der Waals surface area contributed by atoms with E-state index in [0.29, 0.717) is 37.6 Å². The lowest BCUT2D eigenvalue weighted by Gasteiger charge is -2.34. The molecule has 1 aromatic carbocycles. The number of piperidine rings is 1. The molecule has 1 amide bonds. The summed E-state index contributed by atoms with van der Waals surface area (Å²) in [5, 5.41) is 0. The van der Waals surface area contributed by atoms with Crippen molar-refractivity contribution in [3.8, 4) is 11.5 Å². The van der Waals surface area contributed by atoms with E-state index >= 15 is 0 Å². The van der Waals surface area contributed by atoms with Gasteiger partial charge in [-0.15, -0.1) is 0 Å². The Balaban J connectivity index is 1.40. The van der Waals surface area contributed by atoms with Gasteiger partial charge in [0, 0.05) is 44.2 Å². The smallest absolute Gasteiger partial charge is 0.226 e. The molecule has 6 nitrogen and oxygen atoms in total. The maximum absolute atomic E-state index is 13.5. The number of ether oxygens (including phenoxy) is 1. The molecule has 0 N–H and O–H groups in total. The predicted octanol–water partition coefficient (Wildman–Crippen LogP) is 2.86. The molecule has 0 radical (unpaired) electrons. The molecule has 29 heavy (non-hydrogen) atoms. The average molecular weight is 405 g/mol. The number of likely N-dealkylation sites (tertiary alicyclic amines) is 1. The summed E-state index contributed by atoms with van der Waals surface area (Å²) in [6.07, 6.45) is 2.25. The summed E-state index contributed by atoms with van der Waals surface area (Å²) < 4.78 is 37.8. The second-order valence-corrected chi connectivity index (χ2v) is 7.67. The Kier molecular flexibility index (Phi) is 5.91. The predicted molar refractivity (Wildman–Crippen MR) is 102 cm³/mol. The van der Waals surface area contributed by atoms with Gasteiger partial charge in [0.2, 0.25) is 11.8 Å². The van der Waals surface area contributed by atoms with E-state index in [2.05, 4.69) is 9.88 Å². The molecule has 156 valence electrons. The van der Waals surface area contributed by atoms with E-state index in [0.717, 1.165) is 38.5 Å². The fourth-order valence-corrected chi connectivity index (χ4v) is 4.07. The van der Waals surface area contributed by atoms with Gasteiger partial charge in [0.15, 0.2) is 0 Å². The molecular weight excluding hydrogens is 380 g/mol. The number of carbonyl (C=O) groups is 1. The van der Waals surface area contributed by atoms with Crippen molar-refractivity contribution in [2.45, 2.75) is 25.8 Å². The summed E-state index contributed by atoms with van der Waals surface area (Å²) in [6, 6.07) is 3.20. The lowest BCUT2D eigenvalue weighted by Crippen LogP contribution is -2.44. The first kappa shape index (κ1) is 20.0. The monoisotopic (exact) mass is 405 g/mol. The second-order valence-electron chi connectivity index (χ2n) is 7.67. The number of hydrogen-bond donors (Lipinski definition) is 0. The fourth-order valence-electron chi connectivity index (χ4n) is 4.07. The quantitative estimate of drug-likeness (QED) is 0.766. The Morgan fingerprint density at radius 1 is 1.21 bits per heavy atom. The van der Waals surface area contributed by atoms with E-state index in [1.165, 1.54) is 12.1 Å². The highest BCUT2D eigenvalue weighted by molar-refractivity contribution is 5.79. The molecule has 2 aliphatic rings. The number of aromatic nitrogens is 1. The summed E-state index contributed by atoms with van der Waals surface area (Å²) in [5.74, 6) is -0.297. The van der Waals surface area contributed by atoms with E-state index in [4.69, 9.17) is 9.15 Å². The standard InChI is InChI=1S/C21H25F2N3O3/c1-28-9-8-25-5-2-14(3-6-25)21(27)26-7-4-19-18(13-26)24-20(29-19)15-10-16(22)12-17(23)11-15/h10-12,14H,2-9,13H2,1H3. The van der Waals surface area contributed by atoms with Gasteiger partial charge in [-0.25, -0.2) is 13.8 Å². The number of oxazole rings is 1. The molecule has 8 heteroatoms. The molecule has 1 saturated heterocycles. The van der Waals surface area contributed by atoms with E-state index in [1.54, 1.807) is 7.11 Å². The second kappa shape index (κ2) is 8.59. The molecule has 1 aromatic heterocycles. The van der Waals surface area contributed by atoms with Gasteiger partial charge >= 0.3 is 0 Å². The number of methoxy groups -OCH3 is 1. The minimum absolute atomic E-state index is 0.0269. The summed E-state index contributed by atoms with van der Waals surface area (Å²) in [6.45, 7) is 4.35. The van der Waals surface area contributed by atoms with Crippen LogP contribution < -0.4 is 0 Å². The molecule has 0 aliphatic carbocycles. The Bertz CT molecular complexity index is 858. The maximum atomic E-state index is 13.5. The number of amides is 1. The van der Waals surface area contributed by atoms with Gasteiger partial charge in [0.25, 0.3) is 0 Å². The van der Waals surface area contributed by atoms with Crippen LogP contribution in [0.1, 0.15) is 24.3 Å². The highest BCUT2D eigenvalue weighted by Gasteiger charge is 2.32. The van der Waals surface area contributed by atoms with Gasteiger partial charge in [0.05, 0.1) is 13.2 Å². The molecule has 1 fully saturated rings. The summed E-state index contributed by atoms with van der Waals surface area (Å²) in [4.78, 5) is 21.5. The topological polar surface area (TPSA) is 58.8 Å². The van der Waals surface area contributed by atoms with Gasteiger partial charge in [-0.3, -0.25) is 4.79 Å². The molecule has 4 rings (SSSR count). The number of rotatable bonds is 5. The summed E-state index contributed by atoms with van der Waals surface area (Å²) in [7, 11) is 1.70. The van der Waals surface area contributed by atoms with Gasteiger partial charge < -0.3 is 19.0 Å². The summed E-state index contributed by atoms with van der Waals surface area (Å²) in [5.41, 5.74) is 0.931. The van der Waals surface area contributed by atoms with Gasteiger partial charge in [-0.05, 0) is 38.1 Å². The molecule has 0 saturated carbocycles. The van der Waals surface area contributed by atoms with Crippen LogP contribution in [-0.4, -0.2) is 60.6 Å². The Morgan fingerprint density at radius 3 is 2.62 bits per heavy atom. The van der Waals surface area contributed by atoms with Crippen LogP contribution in [0.5, 0.6) is 0 Å². The lowest BCUT2D eigenvalue weighted by molar-refractivity contribution is -0.138. The van der Waals surface area contributed by atoms with Crippen molar-refractivity contribution >= 4 is 5.91 Å². The van der Waals surface area contributed by atoms with Gasteiger partial charge in [0.1, 0.15) is 23.1 Å². The molecule has 2 aromatic rings. The van der Waals surface area contributed by atoms with Gasteiger partial charge in [-0.2, -0.15) is 0 Å². The van der Waals surface area contributed by atoms with Crippen molar-refractivity contribution in [3.63, 3.8) is 0 Å². The number of halogens is 2. The number of fused-ring (bicyclic) bond motifs is 1. The van der Waals surface area contributed by atoms with Crippen molar-refractivity contribution in [3.05, 3.63) is 41.3 Å². The van der Waals surface area contributed by atoms with E-state index in [-0.39, 0.29) is 23.3 Å². The van der Waals surface area contributed by atoms with Crippen molar-refractivity contribution in [1.82, 2.24) is 14.8 Å². The summed E-state index contributed by atoms with van der Waals surface area (Å²) >= 11 is 0. The zero-order valence-corrected chi connectivity index (χ0v) is 16.5. The van der Waals surface area contributed by atoms with E-state index < -0.39 is 11.6 Å². The molecule has 0 spiro atoms. The molecule has 3 heterocycles. The Labute approximate surface area is 168 Å². The maximum Gasteiger partial charge on any atom is 0.226 e. The van der Waals surface area contributed by atoms with Crippen LogP contribution in [-0.2, 0) is 22.5 Å². The lowest BCUT2D eigenvalue weighted by atomic mass is 9.94. The molecular formula is C21H25F2N3O3. The number of benzene rings is 1. The SMILES string of the molecule is COCCN1CCC(C(=O)N2CCc3oc(-c4cc(F)cc(F)c4)nc3C2)CC1. The third-order valence-electron chi connectivity index (χ3n) is 5.70. The third kappa shape index (κ3) is 4.48. The average Bonchev–Trinajstić information content (AvgIpc) is 3.15. The molecule has 0 unspecified atom stereocenters. The minimum Gasteiger partial charge on any atom is -0.441 e. The molecule has 0 bridgehead atoms. The van der Waals surface area contributed by atoms with Crippen molar-refractivity contribution < 1.29 is 22.7 Å². The first-order chi connectivity index (χ1) is 14.0. The van der Waals surface area contributed by atoms with Crippen LogP contribution in [0.15, 0.2) is 22.6 Å². The normalized spacial score (nSPS) is 18.1. The van der Waals surface area contributed by atoms with Crippen molar-refractivity contribution in [2.24, 2.45) is 5.92 Å².